The molecule has 2 unspecified atom stereocenters. The molecule has 0 fully saturated rings. The summed E-state index contributed by atoms with van der Waals surface area (Å²) >= 11 is 11.8. The summed E-state index contributed by atoms with van der Waals surface area (Å²) < 4.78 is 10.5. The van der Waals surface area contributed by atoms with E-state index < -0.39 is 12.2 Å². The van der Waals surface area contributed by atoms with Crippen molar-refractivity contribution in [2.24, 2.45) is 0 Å². The normalized spacial score (nSPS) is 13.5. The number of furan rings is 1. The maximum Gasteiger partial charge on any atom is 0.260 e. The monoisotopic (exact) mass is 343 g/mol. The van der Waals surface area contributed by atoms with Crippen LogP contribution < -0.4 is 10.1 Å². The van der Waals surface area contributed by atoms with Gasteiger partial charge >= 0.3 is 0 Å². The molecule has 2 rings (SSSR count). The molecule has 1 heterocycles. The van der Waals surface area contributed by atoms with Crippen LogP contribution in [0.15, 0.2) is 41.0 Å². The number of hydrogen-bond acceptors (Lipinski definition) is 4. The number of halogens is 2. The molecule has 0 aliphatic rings. The van der Waals surface area contributed by atoms with E-state index >= 15 is 0 Å². The number of aliphatic hydroxyl groups excluding tert-OH is 1. The van der Waals surface area contributed by atoms with E-state index in [1.54, 1.807) is 31.2 Å². The van der Waals surface area contributed by atoms with E-state index in [0.717, 1.165) is 0 Å². The Hall–Kier alpha value is -1.69. The van der Waals surface area contributed by atoms with Crippen molar-refractivity contribution in [1.29, 1.82) is 0 Å². The Bertz CT molecular complexity index is 630. The maximum absolute atomic E-state index is 12.0. The van der Waals surface area contributed by atoms with Gasteiger partial charge in [0.15, 0.2) is 6.10 Å². The minimum Gasteiger partial charge on any atom is -0.479 e. The van der Waals surface area contributed by atoms with Crippen molar-refractivity contribution >= 4 is 29.1 Å². The Balaban J connectivity index is 1.86. The second-order valence-corrected chi connectivity index (χ2v) is 5.45. The van der Waals surface area contributed by atoms with E-state index in [4.69, 9.17) is 32.4 Å². The van der Waals surface area contributed by atoms with Gasteiger partial charge in [0, 0.05) is 5.02 Å². The van der Waals surface area contributed by atoms with Crippen LogP contribution in [0.4, 0.5) is 0 Å². The standard InChI is InChI=1S/C15H15Cl2NO4/c1-9(22-13-5-4-10(16)7-11(13)17)15(20)18-8-12(19)14-3-2-6-21-14/h2-7,9,12,19H,8H2,1H3,(H,18,20). The minimum absolute atomic E-state index is 0.0222. The van der Waals surface area contributed by atoms with Gasteiger partial charge in [-0.25, -0.2) is 0 Å². The van der Waals surface area contributed by atoms with Crippen molar-refractivity contribution in [1.82, 2.24) is 5.32 Å². The number of aliphatic hydroxyl groups is 1. The average Bonchev–Trinajstić information content (AvgIpc) is 3.01. The van der Waals surface area contributed by atoms with Gasteiger partial charge in [-0.2, -0.15) is 0 Å². The number of amides is 1. The third kappa shape index (κ3) is 4.40. The quantitative estimate of drug-likeness (QED) is 0.844. The van der Waals surface area contributed by atoms with Crippen LogP contribution >= 0.6 is 23.2 Å². The number of carbonyl (C=O) groups is 1. The van der Waals surface area contributed by atoms with E-state index in [1.165, 1.54) is 12.3 Å². The first-order valence-electron chi connectivity index (χ1n) is 6.58. The van der Waals surface area contributed by atoms with Crippen molar-refractivity contribution in [2.45, 2.75) is 19.1 Å². The molecule has 2 atom stereocenters. The second kappa shape index (κ2) is 7.54. The number of nitrogens with one attached hydrogen (secondary N) is 1. The van der Waals surface area contributed by atoms with Crippen molar-refractivity contribution in [3.05, 3.63) is 52.4 Å². The molecule has 118 valence electrons. The van der Waals surface area contributed by atoms with Crippen LogP contribution in [0.5, 0.6) is 5.75 Å². The summed E-state index contributed by atoms with van der Waals surface area (Å²) in [7, 11) is 0. The van der Waals surface area contributed by atoms with Crippen LogP contribution in [0.2, 0.25) is 10.0 Å². The summed E-state index contributed by atoms with van der Waals surface area (Å²) in [6, 6.07) is 8.03. The Morgan fingerprint density at radius 2 is 2.18 bits per heavy atom. The molecule has 5 nitrogen and oxygen atoms in total. The van der Waals surface area contributed by atoms with E-state index in [2.05, 4.69) is 5.32 Å². The third-order valence-electron chi connectivity index (χ3n) is 2.91. The molecule has 0 saturated carbocycles. The minimum atomic E-state index is -0.912. The third-order valence-corrected chi connectivity index (χ3v) is 3.44. The van der Waals surface area contributed by atoms with Crippen LogP contribution in [0.3, 0.4) is 0 Å². The van der Waals surface area contributed by atoms with Crippen molar-refractivity contribution < 1.29 is 19.1 Å². The van der Waals surface area contributed by atoms with Crippen LogP contribution in [0, 0.1) is 0 Å². The maximum atomic E-state index is 12.0. The molecule has 1 amide bonds. The van der Waals surface area contributed by atoms with Crippen LogP contribution in [0.1, 0.15) is 18.8 Å². The first-order chi connectivity index (χ1) is 10.5. The number of rotatable bonds is 6. The smallest absolute Gasteiger partial charge is 0.260 e. The molecule has 0 aliphatic carbocycles. The van der Waals surface area contributed by atoms with Crippen LogP contribution in [-0.4, -0.2) is 23.7 Å². The summed E-state index contributed by atoms with van der Waals surface area (Å²) in [5.41, 5.74) is 0. The lowest BCUT2D eigenvalue weighted by Gasteiger charge is -2.16. The molecule has 0 radical (unpaired) electrons. The largest absolute Gasteiger partial charge is 0.479 e. The second-order valence-electron chi connectivity index (χ2n) is 4.61. The van der Waals surface area contributed by atoms with Crippen LogP contribution in [0.25, 0.3) is 0 Å². The lowest BCUT2D eigenvalue weighted by molar-refractivity contribution is -0.127. The molecular formula is C15H15Cl2NO4. The zero-order chi connectivity index (χ0) is 16.1. The SMILES string of the molecule is CC(Oc1ccc(Cl)cc1Cl)C(=O)NCC(O)c1ccco1. The fourth-order valence-electron chi connectivity index (χ4n) is 1.74. The van der Waals surface area contributed by atoms with Crippen LogP contribution in [-0.2, 0) is 4.79 Å². The van der Waals surface area contributed by atoms with Crippen molar-refractivity contribution in [3.63, 3.8) is 0 Å². The first kappa shape index (κ1) is 16.7. The Morgan fingerprint density at radius 3 is 2.82 bits per heavy atom. The molecule has 2 aromatic rings. The molecule has 0 aliphatic heterocycles. The fourth-order valence-corrected chi connectivity index (χ4v) is 2.19. The molecule has 0 bridgehead atoms. The number of hydrogen-bond donors (Lipinski definition) is 2. The average molecular weight is 344 g/mol. The number of carbonyl (C=O) groups excluding carboxylic acids is 1. The summed E-state index contributed by atoms with van der Waals surface area (Å²) in [6.07, 6.45) is -0.234. The van der Waals surface area contributed by atoms with E-state index in [-0.39, 0.29) is 12.5 Å². The Morgan fingerprint density at radius 1 is 1.41 bits per heavy atom. The topological polar surface area (TPSA) is 71.7 Å². The molecule has 1 aromatic heterocycles. The van der Waals surface area contributed by atoms with Gasteiger partial charge in [0.1, 0.15) is 17.6 Å². The number of ether oxygens (including phenoxy) is 1. The summed E-state index contributed by atoms with van der Waals surface area (Å²) in [5, 5.41) is 13.2. The number of benzene rings is 1. The Labute approximate surface area is 137 Å². The van der Waals surface area contributed by atoms with E-state index in [0.29, 0.717) is 21.6 Å². The molecule has 0 spiro atoms. The molecule has 7 heteroatoms. The van der Waals surface area contributed by atoms with Gasteiger partial charge < -0.3 is 19.6 Å². The highest BCUT2D eigenvalue weighted by Gasteiger charge is 2.18. The lowest BCUT2D eigenvalue weighted by atomic mass is 10.2. The van der Waals surface area contributed by atoms with Gasteiger partial charge in [-0.05, 0) is 37.3 Å². The predicted octanol–water partition coefficient (Wildman–Crippen LogP) is 3.20. The highest BCUT2D eigenvalue weighted by Crippen LogP contribution is 2.28. The molecular weight excluding hydrogens is 329 g/mol. The summed E-state index contributed by atoms with van der Waals surface area (Å²) in [5.74, 6) is 0.367. The molecule has 22 heavy (non-hydrogen) atoms. The highest BCUT2D eigenvalue weighted by molar-refractivity contribution is 6.35. The van der Waals surface area contributed by atoms with Gasteiger partial charge in [-0.3, -0.25) is 4.79 Å². The zero-order valence-corrected chi connectivity index (χ0v) is 13.3. The van der Waals surface area contributed by atoms with E-state index in [1.807, 2.05) is 0 Å². The van der Waals surface area contributed by atoms with Gasteiger partial charge in [-0.15, -0.1) is 0 Å². The zero-order valence-electron chi connectivity index (χ0n) is 11.8. The molecule has 1 aromatic carbocycles. The van der Waals surface area contributed by atoms with Gasteiger partial charge in [0.2, 0.25) is 0 Å². The fraction of sp³-hybridized carbons (Fsp3) is 0.267. The van der Waals surface area contributed by atoms with Gasteiger partial charge in [-0.1, -0.05) is 23.2 Å². The van der Waals surface area contributed by atoms with Crippen molar-refractivity contribution in [3.8, 4) is 5.75 Å². The lowest BCUT2D eigenvalue weighted by Crippen LogP contribution is -2.38. The first-order valence-corrected chi connectivity index (χ1v) is 7.34. The van der Waals surface area contributed by atoms with E-state index in [9.17, 15) is 9.90 Å². The molecule has 2 N–H and O–H groups in total. The van der Waals surface area contributed by atoms with Gasteiger partial charge in [0.25, 0.3) is 5.91 Å². The predicted molar refractivity (Wildman–Crippen MR) is 83.2 cm³/mol. The summed E-state index contributed by atoms with van der Waals surface area (Å²) in [6.45, 7) is 1.61. The van der Waals surface area contributed by atoms with Gasteiger partial charge in [0.05, 0.1) is 17.8 Å². The summed E-state index contributed by atoms with van der Waals surface area (Å²) in [4.78, 5) is 12.0. The Kier molecular flexibility index (Phi) is 5.71. The highest BCUT2D eigenvalue weighted by atomic mass is 35.5. The van der Waals surface area contributed by atoms with Crippen molar-refractivity contribution in [2.75, 3.05) is 6.54 Å². The molecule has 0 saturated heterocycles.